The van der Waals surface area contributed by atoms with Crippen molar-refractivity contribution >= 4 is 17.4 Å². The number of ether oxygens (including phenoxy) is 1. The van der Waals surface area contributed by atoms with Gasteiger partial charge in [-0.3, -0.25) is 4.79 Å². The van der Waals surface area contributed by atoms with Crippen LogP contribution in [0.5, 0.6) is 5.88 Å². The molecule has 1 heterocycles. The molecule has 3 atom stereocenters. The zero-order valence-electron chi connectivity index (χ0n) is 18.8. The molecule has 6 nitrogen and oxygen atoms in total. The van der Waals surface area contributed by atoms with Crippen molar-refractivity contribution in [1.82, 2.24) is 9.97 Å². The molecule has 5 rings (SSSR count). The minimum Gasteiger partial charge on any atom is -0.515 e. The Labute approximate surface area is 193 Å². The summed E-state index contributed by atoms with van der Waals surface area (Å²) >= 11 is 0. The van der Waals surface area contributed by atoms with E-state index in [4.69, 9.17) is 9.72 Å². The maximum Gasteiger partial charge on any atom is 0.230 e. The number of anilines is 2. The van der Waals surface area contributed by atoms with Crippen LogP contribution in [0.2, 0.25) is 0 Å². The number of hydrogen-bond donors (Lipinski definition) is 2. The number of hydrogen-bond acceptors (Lipinski definition) is 6. The summed E-state index contributed by atoms with van der Waals surface area (Å²) < 4.78 is 5.73. The van der Waals surface area contributed by atoms with E-state index in [9.17, 15) is 9.90 Å². The summed E-state index contributed by atoms with van der Waals surface area (Å²) in [5.41, 5.74) is 3.67. The van der Waals surface area contributed by atoms with Crippen molar-refractivity contribution in [3.63, 3.8) is 0 Å². The van der Waals surface area contributed by atoms with Crippen molar-refractivity contribution in [1.29, 1.82) is 0 Å². The smallest absolute Gasteiger partial charge is 0.230 e. The average Bonchev–Trinajstić information content (AvgIpc) is 2.86. The van der Waals surface area contributed by atoms with Crippen molar-refractivity contribution in [3.8, 4) is 5.88 Å². The van der Waals surface area contributed by atoms with Gasteiger partial charge in [-0.1, -0.05) is 55.5 Å². The van der Waals surface area contributed by atoms with E-state index >= 15 is 0 Å². The normalized spacial score (nSPS) is 25.3. The van der Waals surface area contributed by atoms with Crippen molar-refractivity contribution in [2.24, 2.45) is 11.8 Å². The van der Waals surface area contributed by atoms with Crippen LogP contribution in [-0.2, 0) is 16.6 Å². The predicted octanol–water partition coefficient (Wildman–Crippen LogP) is 5.13. The van der Waals surface area contributed by atoms with Crippen LogP contribution in [0.3, 0.4) is 0 Å². The number of benzene rings is 2. The fourth-order valence-electron chi connectivity index (χ4n) is 5.71. The molecule has 0 aliphatic heterocycles. The average molecular weight is 442 g/mol. The van der Waals surface area contributed by atoms with Crippen LogP contribution in [0, 0.1) is 11.8 Å². The van der Waals surface area contributed by atoms with Gasteiger partial charge >= 0.3 is 0 Å². The first kappa shape index (κ1) is 21.2. The van der Waals surface area contributed by atoms with Gasteiger partial charge in [0.2, 0.25) is 11.8 Å². The Morgan fingerprint density at radius 1 is 1.09 bits per heavy atom. The summed E-state index contributed by atoms with van der Waals surface area (Å²) in [7, 11) is 1.63. The molecule has 0 bridgehead atoms. The number of aliphatic hydroxyl groups is 1. The van der Waals surface area contributed by atoms with Crippen LogP contribution < -0.4 is 10.1 Å². The number of Topliss-reactive ketones (excluding diaryl/α,β-unsaturated/α-hetero) is 1. The Balaban J connectivity index is 1.76. The highest BCUT2D eigenvalue weighted by Crippen LogP contribution is 2.56. The van der Waals surface area contributed by atoms with Gasteiger partial charge in [0.1, 0.15) is 0 Å². The Morgan fingerprint density at radius 2 is 1.79 bits per heavy atom. The van der Waals surface area contributed by atoms with Crippen molar-refractivity contribution in [2.75, 3.05) is 12.4 Å². The molecule has 2 N–H and O–H groups in total. The lowest BCUT2D eigenvalue weighted by atomic mass is 9.52. The highest BCUT2D eigenvalue weighted by Gasteiger charge is 2.55. The number of rotatable bonds is 4. The summed E-state index contributed by atoms with van der Waals surface area (Å²) in [5.74, 6) is 0.823. The summed E-state index contributed by atoms with van der Waals surface area (Å²) in [6.45, 7) is 1.97. The fourth-order valence-corrected chi connectivity index (χ4v) is 5.71. The molecule has 1 fully saturated rings. The number of aliphatic hydroxyl groups excluding tert-OH is 1. The van der Waals surface area contributed by atoms with Gasteiger partial charge in [0, 0.05) is 28.2 Å². The second-order valence-electron chi connectivity index (χ2n) is 8.84. The Bertz CT molecular complexity index is 1210. The molecular formula is C27H27N3O3. The monoisotopic (exact) mass is 441 g/mol. The van der Waals surface area contributed by atoms with E-state index in [-0.39, 0.29) is 17.6 Å². The van der Waals surface area contributed by atoms with Gasteiger partial charge in [0.05, 0.1) is 19.1 Å². The number of carbonyl (C=O) groups is 1. The SMILES string of the molecule is COc1nc(Nc2ccccc2)nc2c1CC[C@H]1[C@H](C)C(=O)/C(=C\O)C[C@]21c1ccccc1. The topological polar surface area (TPSA) is 84.3 Å². The van der Waals surface area contributed by atoms with Crippen LogP contribution >= 0.6 is 0 Å². The van der Waals surface area contributed by atoms with E-state index in [1.807, 2.05) is 55.5 Å². The van der Waals surface area contributed by atoms with Gasteiger partial charge in [0.25, 0.3) is 0 Å². The maximum absolute atomic E-state index is 13.0. The molecular weight excluding hydrogens is 414 g/mol. The first-order valence-corrected chi connectivity index (χ1v) is 11.3. The van der Waals surface area contributed by atoms with Crippen molar-refractivity contribution in [2.45, 2.75) is 31.6 Å². The number of methoxy groups -OCH3 is 1. The summed E-state index contributed by atoms with van der Waals surface area (Å²) in [4.78, 5) is 22.7. The number of carbonyl (C=O) groups excluding carboxylic acids is 1. The van der Waals surface area contributed by atoms with Crippen molar-refractivity contribution < 1.29 is 14.6 Å². The lowest BCUT2D eigenvalue weighted by molar-refractivity contribution is -0.123. The number of aromatic nitrogens is 2. The van der Waals surface area contributed by atoms with E-state index < -0.39 is 5.41 Å². The quantitative estimate of drug-likeness (QED) is 0.431. The third-order valence-corrected chi connectivity index (χ3v) is 7.20. The van der Waals surface area contributed by atoms with E-state index in [0.717, 1.165) is 41.6 Å². The molecule has 0 radical (unpaired) electrons. The molecule has 3 aromatic rings. The first-order valence-electron chi connectivity index (χ1n) is 11.3. The van der Waals surface area contributed by atoms with Crippen LogP contribution in [0.25, 0.3) is 0 Å². The molecule has 2 aliphatic carbocycles. The third kappa shape index (κ3) is 3.37. The summed E-state index contributed by atoms with van der Waals surface area (Å²) in [6.07, 6.45) is 2.92. The highest BCUT2D eigenvalue weighted by molar-refractivity contribution is 5.98. The molecule has 168 valence electrons. The Kier molecular flexibility index (Phi) is 5.36. The van der Waals surface area contributed by atoms with Gasteiger partial charge in [-0.15, -0.1) is 0 Å². The van der Waals surface area contributed by atoms with Gasteiger partial charge in [-0.25, -0.2) is 4.98 Å². The zero-order valence-corrected chi connectivity index (χ0v) is 18.8. The molecule has 0 spiro atoms. The minimum atomic E-state index is -0.569. The van der Waals surface area contributed by atoms with Gasteiger partial charge < -0.3 is 15.2 Å². The number of nitrogens with one attached hydrogen (secondary N) is 1. The lowest BCUT2D eigenvalue weighted by Crippen LogP contribution is -2.51. The van der Waals surface area contributed by atoms with E-state index in [1.54, 1.807) is 7.11 Å². The van der Waals surface area contributed by atoms with Crippen LogP contribution in [0.4, 0.5) is 11.6 Å². The molecule has 0 saturated heterocycles. The second-order valence-corrected chi connectivity index (χ2v) is 8.84. The molecule has 2 aromatic carbocycles. The lowest BCUT2D eigenvalue weighted by Gasteiger charge is -2.50. The second kappa shape index (κ2) is 8.35. The van der Waals surface area contributed by atoms with Crippen LogP contribution in [0.15, 0.2) is 72.5 Å². The van der Waals surface area contributed by atoms with Crippen molar-refractivity contribution in [3.05, 3.63) is 89.3 Å². The van der Waals surface area contributed by atoms with Crippen LogP contribution in [-0.4, -0.2) is 28.0 Å². The van der Waals surface area contributed by atoms with E-state index in [0.29, 0.717) is 23.8 Å². The highest BCUT2D eigenvalue weighted by atomic mass is 16.5. The van der Waals surface area contributed by atoms with Gasteiger partial charge in [-0.05, 0) is 42.9 Å². The number of nitrogens with zero attached hydrogens (tertiary/aromatic N) is 2. The fraction of sp³-hybridized carbons (Fsp3) is 0.296. The standard InChI is InChI=1S/C27H27N3O3/c1-17-22-14-13-21-24(29-26(30-25(21)33-2)28-20-11-7-4-8-12-20)27(22,15-18(16-31)23(17)32)19-9-5-3-6-10-19/h3-12,16-17,22,31H,13-15H2,1-2H3,(H,28,29,30)/b18-16-/t17-,22-,27+/m0/s1. The molecule has 0 amide bonds. The summed E-state index contributed by atoms with van der Waals surface area (Å²) in [6, 6.07) is 20.0. The largest absolute Gasteiger partial charge is 0.515 e. The van der Waals surface area contributed by atoms with Gasteiger partial charge in [-0.2, -0.15) is 4.98 Å². The number of allylic oxidation sites excluding steroid dienone is 1. The van der Waals surface area contributed by atoms with E-state index in [2.05, 4.69) is 22.4 Å². The third-order valence-electron chi connectivity index (χ3n) is 7.20. The molecule has 1 aromatic heterocycles. The minimum absolute atomic E-state index is 0.0150. The molecule has 33 heavy (non-hydrogen) atoms. The predicted molar refractivity (Wildman–Crippen MR) is 127 cm³/mol. The van der Waals surface area contributed by atoms with Gasteiger partial charge in [0.15, 0.2) is 5.78 Å². The summed E-state index contributed by atoms with van der Waals surface area (Å²) in [5, 5.41) is 13.3. The Morgan fingerprint density at radius 3 is 2.45 bits per heavy atom. The molecule has 0 unspecified atom stereocenters. The number of fused-ring (bicyclic) bond motifs is 3. The van der Waals surface area contributed by atoms with Crippen LogP contribution in [0.1, 0.15) is 36.6 Å². The van der Waals surface area contributed by atoms with E-state index in [1.165, 1.54) is 0 Å². The number of para-hydroxylation sites is 1. The zero-order chi connectivity index (χ0) is 23.0. The molecule has 1 saturated carbocycles. The first-order chi connectivity index (χ1) is 16.1. The molecule has 6 heteroatoms. The Hall–Kier alpha value is -3.67. The molecule has 2 aliphatic rings. The number of ketones is 1. The maximum atomic E-state index is 13.0.